The molecule has 0 spiro atoms. The number of quaternary nitrogens is 1. The summed E-state index contributed by atoms with van der Waals surface area (Å²) in [6.45, 7) is 8.10. The summed E-state index contributed by atoms with van der Waals surface area (Å²) in [6, 6.07) is 0. The molecule has 27 heavy (non-hydrogen) atoms. The second kappa shape index (κ2) is 11.0. The van der Waals surface area contributed by atoms with Crippen molar-refractivity contribution in [2.45, 2.75) is 27.2 Å². The van der Waals surface area contributed by atoms with E-state index in [2.05, 4.69) is 34.7 Å². The highest BCUT2D eigenvalue weighted by molar-refractivity contribution is 7.78. The molecule has 0 aromatic heterocycles. The summed E-state index contributed by atoms with van der Waals surface area (Å²) in [5, 5.41) is 0. The lowest BCUT2D eigenvalue weighted by Crippen LogP contribution is -2.35. The molecular weight excluding hydrogens is 413 g/mol. The molecule has 162 valence electrons. The van der Waals surface area contributed by atoms with Crippen LogP contribution in [0.1, 0.15) is 27.2 Å². The minimum Gasteiger partial charge on any atom is -0.331 e. The highest BCUT2D eigenvalue weighted by Crippen LogP contribution is 2.80. The largest absolute Gasteiger partial charge is 0.349 e. The van der Waals surface area contributed by atoms with Crippen LogP contribution in [-0.4, -0.2) is 72.8 Å². The highest BCUT2D eigenvalue weighted by Gasteiger charge is 2.41. The van der Waals surface area contributed by atoms with E-state index in [1.54, 1.807) is 0 Å². The molecule has 1 aliphatic heterocycles. The molecule has 13 heteroatoms. The van der Waals surface area contributed by atoms with Crippen molar-refractivity contribution in [1.82, 2.24) is 0 Å². The predicted molar refractivity (Wildman–Crippen MR) is 110 cm³/mol. The zero-order chi connectivity index (χ0) is 20.6. The van der Waals surface area contributed by atoms with Crippen molar-refractivity contribution >= 4 is 23.0 Å². The molecule has 0 amide bonds. The zero-order valence-electron chi connectivity index (χ0n) is 17.8. The summed E-state index contributed by atoms with van der Waals surface area (Å²) in [7, 11) is 0.321. The minimum absolute atomic E-state index is 0.373. The first kappa shape index (κ1) is 25.4. The van der Waals surface area contributed by atoms with Crippen LogP contribution in [0.25, 0.3) is 0 Å². The van der Waals surface area contributed by atoms with Crippen LogP contribution in [0.5, 0.6) is 0 Å². The van der Waals surface area contributed by atoms with E-state index in [9.17, 15) is 0 Å². The molecule has 0 saturated carbocycles. The third-order valence-corrected chi connectivity index (χ3v) is 12.0. The summed E-state index contributed by atoms with van der Waals surface area (Å²) in [5.41, 5.74) is 0. The van der Waals surface area contributed by atoms with Crippen LogP contribution in [0.15, 0.2) is 13.5 Å². The van der Waals surface area contributed by atoms with E-state index < -0.39 is 23.0 Å². The molecule has 10 nitrogen and oxygen atoms in total. The smallest absolute Gasteiger partial charge is 0.331 e. The monoisotopic (exact) mass is 449 g/mol. The summed E-state index contributed by atoms with van der Waals surface area (Å²) in [5.74, 6) is 0. The van der Waals surface area contributed by atoms with E-state index >= 15 is 0 Å². The summed E-state index contributed by atoms with van der Waals surface area (Å²) in [6.07, 6.45) is 0.834. The fourth-order valence-corrected chi connectivity index (χ4v) is 11.5. The number of hydrogen-bond acceptors (Lipinski definition) is 9. The Labute approximate surface area is 164 Å². The molecule has 0 radical (unpaired) electrons. The van der Waals surface area contributed by atoms with Crippen molar-refractivity contribution in [1.29, 1.82) is 0 Å². The standard InChI is InChI=1S/C14H36N4O6P3/c1-9-21-25(19-7)15-26(20-8,22-10-2)17-27(16-25,23-11-3)24-14-12-13-18(4,5)6/h9-14H2,1-8H3/q+1. The van der Waals surface area contributed by atoms with Crippen molar-refractivity contribution in [3.05, 3.63) is 0 Å². The Kier molecular flexibility index (Phi) is 10.3. The molecule has 1 aliphatic rings. The molecule has 3 unspecified atom stereocenters. The van der Waals surface area contributed by atoms with Crippen molar-refractivity contribution in [3.63, 3.8) is 0 Å². The Balaban J connectivity index is 3.37. The van der Waals surface area contributed by atoms with Gasteiger partial charge in [0.2, 0.25) is 0 Å². The number of nitrogens with zero attached hydrogens (tertiary/aromatic N) is 4. The van der Waals surface area contributed by atoms with Gasteiger partial charge in [0.25, 0.3) is 0 Å². The average molecular weight is 449 g/mol. The summed E-state index contributed by atoms with van der Waals surface area (Å²) >= 11 is 0. The SMILES string of the molecule is CCOP1(OC)=NP(OC)(OCC)=NP(OCC)(OCCC[N+](C)(C)C)=N1. The Morgan fingerprint density at radius 2 is 1.07 bits per heavy atom. The Morgan fingerprint density at radius 1 is 0.667 bits per heavy atom. The van der Waals surface area contributed by atoms with Crippen LogP contribution in [0.2, 0.25) is 0 Å². The van der Waals surface area contributed by atoms with Crippen LogP contribution in [0.4, 0.5) is 0 Å². The second-order valence-electron chi connectivity index (χ2n) is 6.56. The van der Waals surface area contributed by atoms with Crippen LogP contribution >= 0.6 is 23.0 Å². The van der Waals surface area contributed by atoms with Gasteiger partial charge in [-0.1, -0.05) is 0 Å². The van der Waals surface area contributed by atoms with Crippen molar-refractivity contribution in [2.24, 2.45) is 13.5 Å². The number of hydrogen-bond donors (Lipinski definition) is 0. The van der Waals surface area contributed by atoms with E-state index in [-0.39, 0.29) is 0 Å². The van der Waals surface area contributed by atoms with Gasteiger partial charge in [0.05, 0.1) is 54.1 Å². The van der Waals surface area contributed by atoms with Gasteiger partial charge in [-0.2, -0.15) is 0 Å². The van der Waals surface area contributed by atoms with Gasteiger partial charge in [-0.25, -0.2) is 0 Å². The van der Waals surface area contributed by atoms with Gasteiger partial charge in [0.15, 0.2) is 0 Å². The topological polar surface area (TPSA) is 92.5 Å². The average Bonchev–Trinajstić information content (AvgIpc) is 2.58. The molecule has 0 N–H and O–H groups in total. The van der Waals surface area contributed by atoms with Crippen LogP contribution in [0.3, 0.4) is 0 Å². The lowest BCUT2D eigenvalue weighted by atomic mass is 10.4. The first-order valence-corrected chi connectivity index (χ1v) is 13.6. The Hall–Kier alpha value is 0.410. The van der Waals surface area contributed by atoms with E-state index in [1.807, 2.05) is 20.8 Å². The lowest BCUT2D eigenvalue weighted by Gasteiger charge is -2.32. The first-order chi connectivity index (χ1) is 12.6. The van der Waals surface area contributed by atoms with Gasteiger partial charge < -0.3 is 31.6 Å². The molecule has 0 saturated heterocycles. The Morgan fingerprint density at radius 3 is 1.48 bits per heavy atom. The van der Waals surface area contributed by atoms with Crippen molar-refractivity contribution in [3.8, 4) is 0 Å². The van der Waals surface area contributed by atoms with Crippen LogP contribution in [-0.2, 0) is 27.1 Å². The third kappa shape index (κ3) is 7.63. The zero-order valence-corrected chi connectivity index (χ0v) is 20.5. The second-order valence-corrected chi connectivity index (χ2v) is 13.4. The van der Waals surface area contributed by atoms with Gasteiger partial charge in [-0.05, 0) is 20.8 Å². The van der Waals surface area contributed by atoms with Gasteiger partial charge in [-0.15, -0.1) is 13.5 Å². The molecule has 1 rings (SSSR count). The molecule has 0 bridgehead atoms. The quantitative estimate of drug-likeness (QED) is 0.214. The van der Waals surface area contributed by atoms with Gasteiger partial charge in [-0.3, -0.25) is 0 Å². The van der Waals surface area contributed by atoms with Crippen LogP contribution in [0, 0.1) is 0 Å². The third-order valence-electron chi connectivity index (χ3n) is 3.28. The molecule has 0 fully saturated rings. The molecule has 3 atom stereocenters. The van der Waals surface area contributed by atoms with Gasteiger partial charge in [0, 0.05) is 20.6 Å². The fourth-order valence-electron chi connectivity index (χ4n) is 2.20. The summed E-state index contributed by atoms with van der Waals surface area (Å²) in [4.78, 5) is 0. The molecular formula is C14H36N4O6P3+. The Bertz CT molecular complexity index is 621. The van der Waals surface area contributed by atoms with E-state index in [4.69, 9.17) is 27.1 Å². The highest BCUT2D eigenvalue weighted by atomic mass is 31.3. The van der Waals surface area contributed by atoms with Gasteiger partial charge in [0.1, 0.15) is 0 Å². The maximum Gasteiger partial charge on any atom is 0.349 e. The predicted octanol–water partition coefficient (Wildman–Crippen LogP) is 5.35. The molecule has 0 aromatic rings. The normalized spacial score (nSPS) is 31.1. The molecule has 0 aromatic carbocycles. The van der Waals surface area contributed by atoms with E-state index in [0.29, 0.717) is 26.4 Å². The lowest BCUT2D eigenvalue weighted by molar-refractivity contribution is -0.870. The molecule has 1 heterocycles. The van der Waals surface area contributed by atoms with Gasteiger partial charge >= 0.3 is 23.0 Å². The van der Waals surface area contributed by atoms with E-state index in [1.165, 1.54) is 14.2 Å². The number of rotatable bonds is 13. The van der Waals surface area contributed by atoms with Crippen molar-refractivity contribution < 1.29 is 31.6 Å². The fraction of sp³-hybridized carbons (Fsp3) is 1.00. The first-order valence-electron chi connectivity index (χ1n) is 9.05. The minimum atomic E-state index is -3.06. The maximum absolute atomic E-state index is 6.13. The maximum atomic E-state index is 6.13. The van der Waals surface area contributed by atoms with E-state index in [0.717, 1.165) is 17.4 Å². The van der Waals surface area contributed by atoms with Crippen LogP contribution < -0.4 is 0 Å². The van der Waals surface area contributed by atoms with Crippen molar-refractivity contribution in [2.75, 3.05) is 68.3 Å². The summed E-state index contributed by atoms with van der Waals surface area (Å²) < 4.78 is 49.7. The molecule has 0 aliphatic carbocycles.